The summed E-state index contributed by atoms with van der Waals surface area (Å²) in [4.78, 5) is 14.3. The maximum Gasteiger partial charge on any atom is 0.257 e. The lowest BCUT2D eigenvalue weighted by Crippen LogP contribution is -2.50. The number of carbonyl (C=O) groups is 1. The van der Waals surface area contributed by atoms with Crippen LogP contribution in [0.25, 0.3) is 0 Å². The molecule has 6 nitrogen and oxygen atoms in total. The molecule has 1 fully saturated rings. The molecule has 6 heteroatoms. The zero-order valence-corrected chi connectivity index (χ0v) is 12.5. The first-order chi connectivity index (χ1) is 10.1. The summed E-state index contributed by atoms with van der Waals surface area (Å²) in [5, 5.41) is 9.24. The minimum absolute atomic E-state index is 0.103. The molecule has 0 saturated carbocycles. The number of benzene rings is 1. The van der Waals surface area contributed by atoms with E-state index in [-0.39, 0.29) is 24.7 Å². The molecule has 2 unspecified atom stereocenters. The summed E-state index contributed by atoms with van der Waals surface area (Å²) >= 11 is 0. The van der Waals surface area contributed by atoms with Crippen LogP contribution in [0.3, 0.4) is 0 Å². The predicted molar refractivity (Wildman–Crippen MR) is 76.9 cm³/mol. The van der Waals surface area contributed by atoms with Crippen molar-refractivity contribution in [2.75, 3.05) is 33.9 Å². The first-order valence-electron chi connectivity index (χ1n) is 6.86. The number of morpholine rings is 1. The number of hydrogen-bond acceptors (Lipinski definition) is 5. The van der Waals surface area contributed by atoms with E-state index in [0.29, 0.717) is 30.2 Å². The van der Waals surface area contributed by atoms with Gasteiger partial charge in [-0.3, -0.25) is 4.79 Å². The van der Waals surface area contributed by atoms with Crippen LogP contribution in [-0.2, 0) is 4.74 Å². The number of methoxy groups -OCH3 is 2. The van der Waals surface area contributed by atoms with Crippen LogP contribution < -0.4 is 9.47 Å². The van der Waals surface area contributed by atoms with Gasteiger partial charge in [0.25, 0.3) is 5.91 Å². The van der Waals surface area contributed by atoms with Crippen LogP contribution in [0.1, 0.15) is 17.3 Å². The highest BCUT2D eigenvalue weighted by Gasteiger charge is 2.29. The molecule has 0 aromatic heterocycles. The number of carbonyl (C=O) groups excluding carboxylic acids is 1. The average molecular weight is 295 g/mol. The number of hydrogen-bond donors (Lipinski definition) is 1. The first kappa shape index (κ1) is 15.6. The number of aliphatic hydroxyl groups is 1. The topological polar surface area (TPSA) is 68.2 Å². The highest BCUT2D eigenvalue weighted by atomic mass is 16.5. The van der Waals surface area contributed by atoms with Crippen LogP contribution in [0.15, 0.2) is 18.2 Å². The van der Waals surface area contributed by atoms with E-state index in [1.165, 1.54) is 7.11 Å². The van der Waals surface area contributed by atoms with Gasteiger partial charge < -0.3 is 24.2 Å². The third-order valence-electron chi connectivity index (χ3n) is 3.46. The molecule has 1 saturated heterocycles. The molecular formula is C15H21NO5. The van der Waals surface area contributed by atoms with Crippen molar-refractivity contribution in [2.45, 2.75) is 19.1 Å². The van der Waals surface area contributed by atoms with Gasteiger partial charge in [0.1, 0.15) is 11.5 Å². The Morgan fingerprint density at radius 1 is 1.38 bits per heavy atom. The number of ether oxygens (including phenoxy) is 3. The minimum atomic E-state index is -0.345. The SMILES string of the molecule is COc1ccc(C(=O)N2CC(C)OC(CO)C2)c(OC)c1. The third-order valence-corrected chi connectivity index (χ3v) is 3.46. The summed E-state index contributed by atoms with van der Waals surface area (Å²) in [6.07, 6.45) is -0.453. The highest BCUT2D eigenvalue weighted by molar-refractivity contribution is 5.97. The van der Waals surface area contributed by atoms with Crippen LogP contribution in [-0.4, -0.2) is 62.0 Å². The number of rotatable bonds is 4. The molecule has 116 valence electrons. The molecule has 2 rings (SSSR count). The third kappa shape index (κ3) is 3.46. The van der Waals surface area contributed by atoms with Gasteiger partial charge in [0.05, 0.1) is 38.6 Å². The van der Waals surface area contributed by atoms with E-state index in [0.717, 1.165) is 0 Å². The van der Waals surface area contributed by atoms with Gasteiger partial charge in [0.15, 0.2) is 0 Å². The van der Waals surface area contributed by atoms with Gasteiger partial charge in [-0.25, -0.2) is 0 Å². The Morgan fingerprint density at radius 2 is 2.14 bits per heavy atom. The maximum atomic E-state index is 12.7. The molecular weight excluding hydrogens is 274 g/mol. The van der Waals surface area contributed by atoms with Gasteiger partial charge in [0.2, 0.25) is 0 Å². The van der Waals surface area contributed by atoms with Gasteiger partial charge in [-0.2, -0.15) is 0 Å². The van der Waals surface area contributed by atoms with Crippen molar-refractivity contribution in [3.05, 3.63) is 23.8 Å². The van der Waals surface area contributed by atoms with Crippen molar-refractivity contribution in [2.24, 2.45) is 0 Å². The van der Waals surface area contributed by atoms with Crippen LogP contribution in [0, 0.1) is 0 Å². The summed E-state index contributed by atoms with van der Waals surface area (Å²) in [6, 6.07) is 5.10. The van der Waals surface area contributed by atoms with Crippen molar-refractivity contribution in [1.29, 1.82) is 0 Å². The molecule has 0 bridgehead atoms. The standard InChI is InChI=1S/C15H21NO5/c1-10-7-16(8-12(9-17)21-10)15(18)13-5-4-11(19-2)6-14(13)20-3/h4-6,10,12,17H,7-9H2,1-3H3. The van der Waals surface area contributed by atoms with Gasteiger partial charge >= 0.3 is 0 Å². The van der Waals surface area contributed by atoms with Gasteiger partial charge in [0, 0.05) is 19.2 Å². The monoisotopic (exact) mass is 295 g/mol. The Balaban J connectivity index is 2.22. The quantitative estimate of drug-likeness (QED) is 0.895. The van der Waals surface area contributed by atoms with E-state index in [1.807, 2.05) is 6.92 Å². The summed E-state index contributed by atoms with van der Waals surface area (Å²) in [5.41, 5.74) is 0.476. The Morgan fingerprint density at radius 3 is 2.76 bits per heavy atom. The minimum Gasteiger partial charge on any atom is -0.497 e. The van der Waals surface area contributed by atoms with Crippen molar-refractivity contribution in [1.82, 2.24) is 4.90 Å². The van der Waals surface area contributed by atoms with Crippen LogP contribution in [0.4, 0.5) is 0 Å². The number of amides is 1. The molecule has 0 radical (unpaired) electrons. The normalized spacial score (nSPS) is 22.0. The van der Waals surface area contributed by atoms with Crippen LogP contribution >= 0.6 is 0 Å². The Labute approximate surface area is 124 Å². The first-order valence-corrected chi connectivity index (χ1v) is 6.86. The summed E-state index contributed by atoms with van der Waals surface area (Å²) in [5.74, 6) is 0.967. The Kier molecular flexibility index (Phi) is 5.03. The zero-order valence-electron chi connectivity index (χ0n) is 12.5. The smallest absolute Gasteiger partial charge is 0.257 e. The van der Waals surface area contributed by atoms with Gasteiger partial charge in [-0.1, -0.05) is 0 Å². The van der Waals surface area contributed by atoms with E-state index in [9.17, 15) is 9.90 Å². The van der Waals surface area contributed by atoms with E-state index in [4.69, 9.17) is 14.2 Å². The second-order valence-corrected chi connectivity index (χ2v) is 5.03. The molecule has 1 aromatic rings. The fourth-order valence-electron chi connectivity index (χ4n) is 2.46. The molecule has 2 atom stereocenters. The molecule has 21 heavy (non-hydrogen) atoms. The fraction of sp³-hybridized carbons (Fsp3) is 0.533. The summed E-state index contributed by atoms with van der Waals surface area (Å²) in [7, 11) is 3.08. The highest BCUT2D eigenvalue weighted by Crippen LogP contribution is 2.26. The van der Waals surface area contributed by atoms with E-state index in [1.54, 1.807) is 30.2 Å². The average Bonchev–Trinajstić information content (AvgIpc) is 2.52. The Bertz CT molecular complexity index is 505. The van der Waals surface area contributed by atoms with Gasteiger partial charge in [-0.15, -0.1) is 0 Å². The Hall–Kier alpha value is -1.79. The van der Waals surface area contributed by atoms with E-state index in [2.05, 4.69) is 0 Å². The van der Waals surface area contributed by atoms with Crippen LogP contribution in [0.5, 0.6) is 11.5 Å². The predicted octanol–water partition coefficient (Wildman–Crippen LogP) is 0.926. The number of aliphatic hydroxyl groups excluding tert-OH is 1. The summed E-state index contributed by atoms with van der Waals surface area (Å²) in [6.45, 7) is 2.64. The van der Waals surface area contributed by atoms with E-state index >= 15 is 0 Å². The fourth-order valence-corrected chi connectivity index (χ4v) is 2.46. The molecule has 1 N–H and O–H groups in total. The molecule has 1 aliphatic rings. The largest absolute Gasteiger partial charge is 0.497 e. The number of nitrogens with zero attached hydrogens (tertiary/aromatic N) is 1. The molecule has 1 aliphatic heterocycles. The van der Waals surface area contributed by atoms with Crippen molar-refractivity contribution < 1.29 is 24.1 Å². The second-order valence-electron chi connectivity index (χ2n) is 5.03. The van der Waals surface area contributed by atoms with Crippen molar-refractivity contribution in [3.8, 4) is 11.5 Å². The van der Waals surface area contributed by atoms with Crippen LogP contribution in [0.2, 0.25) is 0 Å². The lowest BCUT2D eigenvalue weighted by molar-refractivity contribution is -0.0859. The molecule has 0 aliphatic carbocycles. The van der Waals surface area contributed by atoms with Gasteiger partial charge in [-0.05, 0) is 19.1 Å². The maximum absolute atomic E-state index is 12.7. The molecule has 1 aromatic carbocycles. The lowest BCUT2D eigenvalue weighted by atomic mass is 10.1. The van der Waals surface area contributed by atoms with E-state index < -0.39 is 0 Å². The summed E-state index contributed by atoms with van der Waals surface area (Å²) < 4.78 is 16.0. The zero-order chi connectivity index (χ0) is 15.4. The lowest BCUT2D eigenvalue weighted by Gasteiger charge is -2.36. The molecule has 0 spiro atoms. The second kappa shape index (κ2) is 6.78. The van der Waals surface area contributed by atoms with Crippen molar-refractivity contribution in [3.63, 3.8) is 0 Å². The van der Waals surface area contributed by atoms with Crippen molar-refractivity contribution >= 4 is 5.91 Å². The molecule has 1 amide bonds. The molecule has 1 heterocycles.